The van der Waals surface area contributed by atoms with Gasteiger partial charge in [0.05, 0.1) is 0 Å². The first-order valence-electron chi connectivity index (χ1n) is 27.8. The Balaban J connectivity index is 0.858. The van der Waals surface area contributed by atoms with Crippen LogP contribution in [0.1, 0.15) is 176 Å². The molecule has 0 aliphatic heterocycles. The Labute approximate surface area is 385 Å². The molecule has 0 radical (unpaired) electrons. The average molecular weight is 843 g/mol. The summed E-state index contributed by atoms with van der Waals surface area (Å²) in [7, 11) is 0. The Morgan fingerprint density at radius 1 is 0.234 bits per heavy atom. The van der Waals surface area contributed by atoms with Crippen LogP contribution in [-0.2, 0) is 21.7 Å². The van der Waals surface area contributed by atoms with Gasteiger partial charge in [-0.25, -0.2) is 0 Å². The molecule has 0 heterocycles. The molecule has 16 aliphatic carbocycles. The first kappa shape index (κ1) is 37.9. The Hall–Kier alpha value is -3.12. The molecule has 0 nitrogen and oxygen atoms in total. The van der Waals surface area contributed by atoms with Gasteiger partial charge >= 0.3 is 0 Å². The van der Waals surface area contributed by atoms with E-state index in [-0.39, 0.29) is 0 Å². The Bertz CT molecular complexity index is 2260. The third-order valence-corrected chi connectivity index (χ3v) is 23.3. The summed E-state index contributed by atoms with van der Waals surface area (Å²) >= 11 is 0. The zero-order valence-corrected chi connectivity index (χ0v) is 39.0. The summed E-state index contributed by atoms with van der Waals surface area (Å²) in [6.45, 7) is 0. The quantitative estimate of drug-likeness (QED) is 0.174. The van der Waals surface area contributed by atoms with Gasteiger partial charge in [0.25, 0.3) is 0 Å². The van der Waals surface area contributed by atoms with Crippen LogP contribution in [0.2, 0.25) is 0 Å². The van der Waals surface area contributed by atoms with E-state index in [0.717, 1.165) is 71.0 Å². The summed E-state index contributed by atoms with van der Waals surface area (Å²) in [5, 5.41) is 0. The third-order valence-electron chi connectivity index (χ3n) is 23.3. The second-order valence-electron chi connectivity index (χ2n) is 27.5. The van der Waals surface area contributed by atoms with E-state index in [2.05, 4.69) is 84.9 Å². The van der Waals surface area contributed by atoms with E-state index in [0.29, 0.717) is 21.7 Å². The van der Waals surface area contributed by atoms with Crippen LogP contribution in [0.25, 0.3) is 33.4 Å². The minimum Gasteiger partial charge on any atom is -0.0579 e. The molecular formula is C64H74. The molecule has 0 aromatic heterocycles. The van der Waals surface area contributed by atoms with Crippen LogP contribution in [0, 0.1) is 71.0 Å². The van der Waals surface area contributed by atoms with Gasteiger partial charge < -0.3 is 0 Å². The molecule has 0 amide bonds. The second kappa shape index (κ2) is 13.3. The Kier molecular flexibility index (Phi) is 7.89. The number of rotatable bonds is 7. The first-order valence-corrected chi connectivity index (χ1v) is 27.8. The van der Waals surface area contributed by atoms with Crippen LogP contribution in [0.4, 0.5) is 0 Å². The maximum absolute atomic E-state index is 2.81. The maximum Gasteiger partial charge on any atom is -0.00266 e. The lowest BCUT2D eigenvalue weighted by Crippen LogP contribution is -2.48. The zero-order chi connectivity index (χ0) is 41.6. The summed E-state index contributed by atoms with van der Waals surface area (Å²) in [5.74, 6) is 11.6. The fourth-order valence-electron chi connectivity index (χ4n) is 22.6. The van der Waals surface area contributed by atoms with Gasteiger partial charge in [0.1, 0.15) is 0 Å². The fraction of sp³-hybridized carbons (Fsp3) is 0.625. The topological polar surface area (TPSA) is 0 Å². The van der Waals surface area contributed by atoms with Crippen molar-refractivity contribution in [2.24, 2.45) is 71.0 Å². The van der Waals surface area contributed by atoms with E-state index in [1.54, 1.807) is 22.3 Å². The van der Waals surface area contributed by atoms with Crippen molar-refractivity contribution in [3.8, 4) is 33.4 Å². The van der Waals surface area contributed by atoms with Gasteiger partial charge in [-0.05, 0) is 315 Å². The summed E-state index contributed by atoms with van der Waals surface area (Å²) in [4.78, 5) is 0. The first-order chi connectivity index (χ1) is 31.3. The number of benzene rings is 4. The molecule has 0 unspecified atom stereocenters. The number of hydrogen-bond acceptors (Lipinski definition) is 0. The van der Waals surface area contributed by atoms with Gasteiger partial charge in [-0.15, -0.1) is 0 Å². The molecule has 0 spiro atoms. The molecule has 0 heteroatoms. The average Bonchev–Trinajstić information content (AvgIpc) is 3.27. The van der Waals surface area contributed by atoms with Gasteiger partial charge in [0, 0.05) is 0 Å². The van der Waals surface area contributed by atoms with E-state index in [1.165, 1.54) is 187 Å². The zero-order valence-electron chi connectivity index (χ0n) is 39.0. The lowest BCUT2D eigenvalue weighted by Gasteiger charge is -2.57. The van der Waals surface area contributed by atoms with Crippen LogP contribution in [0.5, 0.6) is 0 Å². The van der Waals surface area contributed by atoms with E-state index < -0.39 is 0 Å². The molecule has 0 atom stereocenters. The highest BCUT2D eigenvalue weighted by molar-refractivity contribution is 5.95. The van der Waals surface area contributed by atoms with Crippen molar-refractivity contribution >= 4 is 0 Å². The molecule has 16 aliphatic rings. The predicted molar refractivity (Wildman–Crippen MR) is 262 cm³/mol. The van der Waals surface area contributed by atoms with Gasteiger partial charge in [-0.2, -0.15) is 0 Å². The Morgan fingerprint density at radius 2 is 0.438 bits per heavy atom. The second-order valence-corrected chi connectivity index (χ2v) is 27.5. The lowest BCUT2D eigenvalue weighted by atomic mass is 9.47. The normalized spacial score (nSPS) is 45.8. The molecular weight excluding hydrogens is 769 g/mol. The molecule has 20 rings (SSSR count). The Morgan fingerprint density at radius 3 is 0.672 bits per heavy atom. The van der Waals surface area contributed by atoms with Crippen LogP contribution in [0.15, 0.2) is 84.9 Å². The van der Waals surface area contributed by atoms with E-state index in [9.17, 15) is 0 Å². The van der Waals surface area contributed by atoms with Gasteiger partial charge in [-0.1, -0.05) is 72.8 Å². The van der Waals surface area contributed by atoms with Crippen LogP contribution in [-0.4, -0.2) is 0 Å². The minimum absolute atomic E-state index is 0.345. The highest BCUT2D eigenvalue weighted by atomic mass is 14.6. The molecule has 4 aromatic carbocycles. The van der Waals surface area contributed by atoms with Crippen molar-refractivity contribution in [2.45, 2.75) is 176 Å². The predicted octanol–water partition coefficient (Wildman–Crippen LogP) is 16.6. The highest BCUT2D eigenvalue weighted by Gasteiger charge is 2.55. The van der Waals surface area contributed by atoms with Crippen molar-refractivity contribution in [2.75, 3.05) is 0 Å². The summed E-state index contributed by atoms with van der Waals surface area (Å²) in [5.41, 5.74) is 17.3. The molecule has 0 saturated heterocycles. The van der Waals surface area contributed by atoms with Gasteiger partial charge in [0.15, 0.2) is 0 Å². The van der Waals surface area contributed by atoms with E-state index >= 15 is 0 Å². The SMILES string of the molecule is c1cc(C23CC4CC(CC(C4)C2)C3)ccc1-c1cc(C23CC4CC(CC(C4)C2)C3)cc(-c2ccc(C34CC5CC(CC(C5)C3)C4)cc2)c1-c1ccc(C23CC4CC(CC(C4)C2)C3)cc1. The minimum atomic E-state index is 0.345. The van der Waals surface area contributed by atoms with E-state index in [1.807, 2.05) is 0 Å². The van der Waals surface area contributed by atoms with Crippen molar-refractivity contribution in [3.05, 3.63) is 107 Å². The van der Waals surface area contributed by atoms with Crippen molar-refractivity contribution in [3.63, 3.8) is 0 Å². The molecule has 16 bridgehead atoms. The maximum atomic E-state index is 2.81. The van der Waals surface area contributed by atoms with Crippen LogP contribution >= 0.6 is 0 Å². The smallest absolute Gasteiger partial charge is 0.00266 e. The molecule has 330 valence electrons. The molecule has 64 heavy (non-hydrogen) atoms. The lowest BCUT2D eigenvalue weighted by molar-refractivity contribution is -0.00532. The van der Waals surface area contributed by atoms with E-state index in [4.69, 9.17) is 0 Å². The molecule has 16 saturated carbocycles. The summed E-state index contributed by atoms with van der Waals surface area (Å²) < 4.78 is 0. The third kappa shape index (κ3) is 5.65. The van der Waals surface area contributed by atoms with Gasteiger partial charge in [-0.3, -0.25) is 0 Å². The summed E-state index contributed by atoms with van der Waals surface area (Å²) in [6.07, 6.45) is 35.5. The molecule has 0 N–H and O–H groups in total. The van der Waals surface area contributed by atoms with Crippen molar-refractivity contribution < 1.29 is 0 Å². The molecule has 4 aromatic rings. The summed E-state index contributed by atoms with van der Waals surface area (Å²) in [6, 6.07) is 37.3. The highest BCUT2D eigenvalue weighted by Crippen LogP contribution is 2.65. The molecule has 16 fully saturated rings. The largest absolute Gasteiger partial charge is 0.0579 e. The number of hydrogen-bond donors (Lipinski definition) is 0. The van der Waals surface area contributed by atoms with Crippen LogP contribution in [0.3, 0.4) is 0 Å². The monoisotopic (exact) mass is 843 g/mol. The standard InChI is InChI=1S/C64H74/c1-7-54(61-27-39-13-40(28-61)15-41(14-39)29-61)8-2-51(1)58-25-57(64-36-48-22-49(37-64)24-50(23-48)38-64)26-59(52-3-9-55(10-4-52)62-30-42-16-43(31-62)18-44(17-42)32-62)60(58)53-5-11-56(12-6-53)63-33-45-19-46(34-63)21-47(20-45)35-63/h1-12,25-26,39-50H,13-24,27-38H2. The fourth-order valence-corrected chi connectivity index (χ4v) is 22.6. The van der Waals surface area contributed by atoms with Gasteiger partial charge in [0.2, 0.25) is 0 Å². The van der Waals surface area contributed by atoms with Crippen molar-refractivity contribution in [1.29, 1.82) is 0 Å². The van der Waals surface area contributed by atoms with Crippen LogP contribution < -0.4 is 0 Å². The van der Waals surface area contributed by atoms with Crippen molar-refractivity contribution in [1.82, 2.24) is 0 Å².